The number of hydrogen-bond donors (Lipinski definition) is 2. The van der Waals surface area contributed by atoms with Gasteiger partial charge in [-0.25, -0.2) is 0 Å². The highest BCUT2D eigenvalue weighted by atomic mass is 32.2. The van der Waals surface area contributed by atoms with E-state index in [1.165, 1.54) is 11.8 Å². The van der Waals surface area contributed by atoms with Crippen LogP contribution in [0.25, 0.3) is 0 Å². The van der Waals surface area contributed by atoms with Crippen LogP contribution in [-0.4, -0.2) is 38.9 Å². The van der Waals surface area contributed by atoms with Gasteiger partial charge in [0.25, 0.3) is 0 Å². The summed E-state index contributed by atoms with van der Waals surface area (Å²) in [5.41, 5.74) is 0. The van der Waals surface area contributed by atoms with Crippen molar-refractivity contribution in [2.75, 3.05) is 12.9 Å². The number of aliphatic hydroxyl groups excluding tert-OH is 1. The van der Waals surface area contributed by atoms with E-state index in [1.807, 2.05) is 6.92 Å². The minimum atomic E-state index is -1.23. The minimum absolute atomic E-state index is 0.116. The van der Waals surface area contributed by atoms with Gasteiger partial charge in [0, 0.05) is 12.9 Å². The molecule has 0 aromatic heterocycles. The average Bonchev–Trinajstić information content (AvgIpc) is 2.49. The van der Waals surface area contributed by atoms with Crippen molar-refractivity contribution in [2.45, 2.75) is 29.1 Å². The van der Waals surface area contributed by atoms with Gasteiger partial charge in [0.2, 0.25) is 0 Å². The third-order valence-corrected chi connectivity index (χ3v) is 5.68. The predicted molar refractivity (Wildman–Crippen MR) is 52.1 cm³/mol. The van der Waals surface area contributed by atoms with E-state index < -0.39 is 6.29 Å². The molecule has 1 aliphatic heterocycles. The van der Waals surface area contributed by atoms with Gasteiger partial charge < -0.3 is 14.9 Å². The van der Waals surface area contributed by atoms with Gasteiger partial charge in [-0.1, -0.05) is 6.92 Å². The molecular formula is C7H14O3S2. The second-order valence-electron chi connectivity index (χ2n) is 2.62. The fourth-order valence-electron chi connectivity index (χ4n) is 1.09. The normalized spacial score (nSPS) is 36.2. The summed E-state index contributed by atoms with van der Waals surface area (Å²) in [6, 6.07) is 0. The smallest absolute Gasteiger partial charge is 0.164 e. The largest absolute Gasteiger partial charge is 0.367 e. The zero-order valence-corrected chi connectivity index (χ0v) is 8.82. The van der Waals surface area contributed by atoms with Crippen molar-refractivity contribution in [3.63, 3.8) is 0 Å². The Hall–Kier alpha value is 0.580. The van der Waals surface area contributed by atoms with Gasteiger partial charge >= 0.3 is 0 Å². The number of thioether (sulfide) groups is 2. The summed E-state index contributed by atoms with van der Waals surface area (Å²) in [7, 11) is 1.66. The highest BCUT2D eigenvalue weighted by molar-refractivity contribution is 8.21. The van der Waals surface area contributed by atoms with Gasteiger partial charge in [0.15, 0.2) is 10.6 Å². The molecule has 12 heavy (non-hydrogen) atoms. The standard InChI is InChI=1S/C7H14O3S2/c1-3-7(10-2)11-4-5(12-7)6(8)9/h5-6,8-9H,3-4H2,1-2H3. The lowest BCUT2D eigenvalue weighted by Crippen LogP contribution is -2.24. The van der Waals surface area contributed by atoms with Crippen LogP contribution in [-0.2, 0) is 4.74 Å². The summed E-state index contributed by atoms with van der Waals surface area (Å²) in [5.74, 6) is 0.740. The van der Waals surface area contributed by atoms with Crippen LogP contribution in [0.5, 0.6) is 0 Å². The molecule has 1 saturated heterocycles. The molecule has 0 aromatic rings. The highest BCUT2D eigenvalue weighted by Crippen LogP contribution is 2.51. The van der Waals surface area contributed by atoms with Crippen LogP contribution < -0.4 is 0 Å². The molecule has 1 rings (SSSR count). The van der Waals surface area contributed by atoms with E-state index in [4.69, 9.17) is 14.9 Å². The van der Waals surface area contributed by atoms with Crippen LogP contribution in [0.1, 0.15) is 13.3 Å². The SMILES string of the molecule is CCC1(OC)SCC(C(O)O)S1. The van der Waals surface area contributed by atoms with Crippen molar-refractivity contribution in [1.82, 2.24) is 0 Å². The molecule has 5 heteroatoms. The maximum atomic E-state index is 8.94. The number of methoxy groups -OCH3 is 1. The first-order valence-electron chi connectivity index (χ1n) is 3.86. The molecule has 0 spiro atoms. The molecule has 3 nitrogen and oxygen atoms in total. The predicted octanol–water partition coefficient (Wildman–Crippen LogP) is 0.856. The molecule has 0 aliphatic carbocycles. The second kappa shape index (κ2) is 4.19. The Morgan fingerprint density at radius 3 is 2.58 bits per heavy atom. The summed E-state index contributed by atoms with van der Waals surface area (Å²) in [5, 5.41) is 17.8. The van der Waals surface area contributed by atoms with E-state index in [1.54, 1.807) is 18.9 Å². The second-order valence-corrected chi connectivity index (χ2v) is 5.66. The van der Waals surface area contributed by atoms with Gasteiger partial charge in [-0.2, -0.15) is 0 Å². The Labute approximate surface area is 80.9 Å². The molecule has 72 valence electrons. The Balaban J connectivity index is 2.52. The van der Waals surface area contributed by atoms with Gasteiger partial charge in [-0.3, -0.25) is 0 Å². The topological polar surface area (TPSA) is 49.7 Å². The van der Waals surface area contributed by atoms with Crippen molar-refractivity contribution in [3.8, 4) is 0 Å². The molecule has 0 bridgehead atoms. The molecule has 2 unspecified atom stereocenters. The van der Waals surface area contributed by atoms with Gasteiger partial charge in [0.1, 0.15) is 0 Å². The third kappa shape index (κ3) is 2.09. The lowest BCUT2D eigenvalue weighted by atomic mass is 10.5. The molecule has 1 fully saturated rings. The molecule has 0 radical (unpaired) electrons. The van der Waals surface area contributed by atoms with E-state index >= 15 is 0 Å². The van der Waals surface area contributed by atoms with Gasteiger partial charge in [0.05, 0.1) is 5.25 Å². The van der Waals surface area contributed by atoms with E-state index in [9.17, 15) is 0 Å². The Bertz CT molecular complexity index is 148. The quantitative estimate of drug-likeness (QED) is 0.677. The fraction of sp³-hybridized carbons (Fsp3) is 1.00. The lowest BCUT2D eigenvalue weighted by molar-refractivity contribution is -0.0358. The van der Waals surface area contributed by atoms with Crippen LogP contribution in [0.4, 0.5) is 0 Å². The Kier molecular flexibility index (Phi) is 3.73. The average molecular weight is 210 g/mol. The lowest BCUT2D eigenvalue weighted by Gasteiger charge is -2.24. The molecule has 2 N–H and O–H groups in total. The van der Waals surface area contributed by atoms with E-state index in [-0.39, 0.29) is 9.52 Å². The molecule has 0 saturated carbocycles. The first-order chi connectivity index (χ1) is 5.63. The van der Waals surface area contributed by atoms with Crippen molar-refractivity contribution in [2.24, 2.45) is 0 Å². The fourth-order valence-corrected chi connectivity index (χ4v) is 4.17. The molecule has 2 atom stereocenters. The van der Waals surface area contributed by atoms with Crippen molar-refractivity contribution in [3.05, 3.63) is 0 Å². The maximum absolute atomic E-state index is 8.94. The first kappa shape index (κ1) is 10.7. The van der Waals surface area contributed by atoms with E-state index in [0.717, 1.165) is 12.2 Å². The summed E-state index contributed by atoms with van der Waals surface area (Å²) < 4.78 is 5.08. The summed E-state index contributed by atoms with van der Waals surface area (Å²) in [6.45, 7) is 2.04. The Morgan fingerprint density at radius 1 is 1.67 bits per heavy atom. The van der Waals surface area contributed by atoms with E-state index in [2.05, 4.69) is 0 Å². The molecule has 0 aromatic carbocycles. The van der Waals surface area contributed by atoms with Crippen molar-refractivity contribution < 1.29 is 14.9 Å². The number of ether oxygens (including phenoxy) is 1. The zero-order chi connectivity index (χ0) is 9.19. The van der Waals surface area contributed by atoms with Crippen molar-refractivity contribution >= 4 is 23.5 Å². The number of aliphatic hydroxyl groups is 2. The molecule has 1 aliphatic rings. The highest BCUT2D eigenvalue weighted by Gasteiger charge is 2.41. The third-order valence-electron chi connectivity index (χ3n) is 1.87. The van der Waals surface area contributed by atoms with Gasteiger partial charge in [-0.15, -0.1) is 23.5 Å². The van der Waals surface area contributed by atoms with Crippen LogP contribution in [0.2, 0.25) is 0 Å². The minimum Gasteiger partial charge on any atom is -0.367 e. The Morgan fingerprint density at radius 2 is 2.33 bits per heavy atom. The first-order valence-corrected chi connectivity index (χ1v) is 5.73. The van der Waals surface area contributed by atoms with Crippen LogP contribution in [0, 0.1) is 0 Å². The summed E-state index contributed by atoms with van der Waals surface area (Å²) in [4.78, 5) is 0. The summed E-state index contributed by atoms with van der Waals surface area (Å²) >= 11 is 3.15. The zero-order valence-electron chi connectivity index (χ0n) is 7.19. The molecule has 1 heterocycles. The van der Waals surface area contributed by atoms with Gasteiger partial charge in [-0.05, 0) is 6.42 Å². The van der Waals surface area contributed by atoms with Crippen LogP contribution in [0.3, 0.4) is 0 Å². The van der Waals surface area contributed by atoms with Crippen LogP contribution in [0.15, 0.2) is 0 Å². The number of rotatable bonds is 3. The molecular weight excluding hydrogens is 196 g/mol. The van der Waals surface area contributed by atoms with Crippen LogP contribution >= 0.6 is 23.5 Å². The van der Waals surface area contributed by atoms with E-state index in [0.29, 0.717) is 0 Å². The monoisotopic (exact) mass is 210 g/mol. The van der Waals surface area contributed by atoms with Crippen molar-refractivity contribution in [1.29, 1.82) is 0 Å². The summed E-state index contributed by atoms with van der Waals surface area (Å²) in [6.07, 6.45) is -0.353. The number of hydrogen-bond acceptors (Lipinski definition) is 5. The molecule has 0 amide bonds. The maximum Gasteiger partial charge on any atom is 0.164 e.